The summed E-state index contributed by atoms with van der Waals surface area (Å²) < 4.78 is 26.8. The van der Waals surface area contributed by atoms with E-state index in [4.69, 9.17) is 23.2 Å². The van der Waals surface area contributed by atoms with Gasteiger partial charge in [0.2, 0.25) is 10.0 Å². The van der Waals surface area contributed by atoms with Crippen LogP contribution in [0.15, 0.2) is 34.7 Å². The molecule has 0 aromatic heterocycles. The van der Waals surface area contributed by atoms with Crippen molar-refractivity contribution in [2.45, 2.75) is 11.3 Å². The van der Waals surface area contributed by atoms with Crippen LogP contribution in [0.5, 0.6) is 0 Å². The van der Waals surface area contributed by atoms with Crippen LogP contribution in [0, 0.1) is 0 Å². The quantitative estimate of drug-likeness (QED) is 0.814. The lowest BCUT2D eigenvalue weighted by Gasteiger charge is -2.15. The van der Waals surface area contributed by atoms with Crippen molar-refractivity contribution in [3.05, 3.63) is 39.9 Å². The predicted octanol–water partition coefficient (Wildman–Crippen LogP) is 2.61. The summed E-state index contributed by atoms with van der Waals surface area (Å²) in [5.74, 6) is 0. The molecule has 2 rings (SSSR count). The summed E-state index contributed by atoms with van der Waals surface area (Å²) in [6.07, 6.45) is 2.83. The average molecular weight is 358 g/mol. The molecule has 4 nitrogen and oxygen atoms in total. The van der Waals surface area contributed by atoms with Crippen LogP contribution in [-0.2, 0) is 10.0 Å². The summed E-state index contributed by atoms with van der Waals surface area (Å²) >= 11 is 11.7. The molecule has 1 aromatic rings. The van der Waals surface area contributed by atoms with Crippen LogP contribution in [0.1, 0.15) is 6.42 Å². The van der Waals surface area contributed by atoms with Gasteiger partial charge in [0.1, 0.15) is 4.90 Å². The largest absolute Gasteiger partial charge is 0.313 e. The van der Waals surface area contributed by atoms with Crippen LogP contribution in [0.3, 0.4) is 0 Å². The fraction of sp³-hybridized carbons (Fsp3) is 0.333. The maximum absolute atomic E-state index is 12.2. The van der Waals surface area contributed by atoms with Gasteiger partial charge in [-0.15, -0.1) is 12.4 Å². The van der Waals surface area contributed by atoms with Gasteiger partial charge in [-0.2, -0.15) is 0 Å². The van der Waals surface area contributed by atoms with Gasteiger partial charge in [0.05, 0.1) is 10.0 Å². The summed E-state index contributed by atoms with van der Waals surface area (Å²) in [5, 5.41) is 3.45. The Balaban J connectivity index is 0.00000200. The maximum atomic E-state index is 12.2. The van der Waals surface area contributed by atoms with Gasteiger partial charge in [-0.3, -0.25) is 0 Å². The van der Waals surface area contributed by atoms with E-state index in [9.17, 15) is 8.42 Å². The van der Waals surface area contributed by atoms with E-state index in [1.54, 1.807) is 12.1 Å². The van der Waals surface area contributed by atoms with Gasteiger partial charge in [-0.25, -0.2) is 13.1 Å². The van der Waals surface area contributed by atoms with Gasteiger partial charge in [0.15, 0.2) is 0 Å². The van der Waals surface area contributed by atoms with Crippen LogP contribution in [-0.4, -0.2) is 28.1 Å². The highest BCUT2D eigenvalue weighted by molar-refractivity contribution is 7.89. The van der Waals surface area contributed by atoms with Gasteiger partial charge in [0, 0.05) is 13.1 Å². The van der Waals surface area contributed by atoms with Gasteiger partial charge < -0.3 is 5.32 Å². The third-order valence-electron chi connectivity index (χ3n) is 2.85. The number of hydrogen-bond donors (Lipinski definition) is 2. The molecule has 0 saturated carbocycles. The highest BCUT2D eigenvalue weighted by Gasteiger charge is 2.19. The van der Waals surface area contributed by atoms with E-state index in [2.05, 4.69) is 10.0 Å². The molecule has 0 spiro atoms. The summed E-state index contributed by atoms with van der Waals surface area (Å²) in [6, 6.07) is 4.55. The zero-order chi connectivity index (χ0) is 13.9. The van der Waals surface area contributed by atoms with Gasteiger partial charge >= 0.3 is 0 Å². The van der Waals surface area contributed by atoms with Crippen molar-refractivity contribution in [2.75, 3.05) is 19.6 Å². The van der Waals surface area contributed by atoms with E-state index in [-0.39, 0.29) is 27.3 Å². The zero-order valence-corrected chi connectivity index (χ0v) is 13.7. The number of benzene rings is 1. The van der Waals surface area contributed by atoms with Crippen molar-refractivity contribution in [1.29, 1.82) is 0 Å². The molecule has 0 atom stereocenters. The third kappa shape index (κ3) is 4.35. The summed E-state index contributed by atoms with van der Waals surface area (Å²) in [5.41, 5.74) is 1.07. The lowest BCUT2D eigenvalue weighted by molar-refractivity contribution is 0.582. The van der Waals surface area contributed by atoms with Crippen molar-refractivity contribution in [2.24, 2.45) is 0 Å². The molecule has 1 aliphatic rings. The van der Waals surface area contributed by atoms with Crippen molar-refractivity contribution >= 4 is 45.6 Å². The lowest BCUT2D eigenvalue weighted by Crippen LogP contribution is -2.29. The number of hydrogen-bond acceptors (Lipinski definition) is 3. The Morgan fingerprint density at radius 3 is 2.70 bits per heavy atom. The number of halogens is 3. The molecule has 1 aromatic carbocycles. The number of nitrogens with one attached hydrogen (secondary N) is 2. The van der Waals surface area contributed by atoms with E-state index < -0.39 is 10.0 Å². The first kappa shape index (κ1) is 17.8. The molecular weight excluding hydrogens is 343 g/mol. The third-order valence-corrected chi connectivity index (χ3v) is 5.23. The van der Waals surface area contributed by atoms with E-state index in [1.807, 2.05) is 6.08 Å². The standard InChI is InChI=1S/C12H14Cl2N2O2S.ClH/c13-10-2-1-3-11(12(10)14)19(17,18)16-8-9-4-6-15-7-5-9;/h1-4,15-16H,5-8H2;1H. The smallest absolute Gasteiger partial charge is 0.242 e. The van der Waals surface area contributed by atoms with Gasteiger partial charge in [-0.05, 0) is 25.1 Å². The number of rotatable bonds is 4. The minimum absolute atomic E-state index is 0. The Morgan fingerprint density at radius 1 is 1.30 bits per heavy atom. The van der Waals surface area contributed by atoms with Crippen molar-refractivity contribution in [3.8, 4) is 0 Å². The minimum Gasteiger partial charge on any atom is -0.313 e. The van der Waals surface area contributed by atoms with Crippen molar-refractivity contribution in [1.82, 2.24) is 10.0 Å². The van der Waals surface area contributed by atoms with E-state index in [0.717, 1.165) is 25.1 Å². The van der Waals surface area contributed by atoms with Crippen LogP contribution >= 0.6 is 35.6 Å². The Bertz CT molecular complexity index is 603. The summed E-state index contributed by atoms with van der Waals surface area (Å²) in [7, 11) is -3.64. The van der Waals surface area contributed by atoms with E-state index in [0.29, 0.717) is 6.54 Å². The molecule has 0 fully saturated rings. The number of sulfonamides is 1. The molecule has 0 unspecified atom stereocenters. The molecular formula is C12H15Cl3N2O2S. The van der Waals surface area contributed by atoms with Gasteiger partial charge in [-0.1, -0.05) is 40.9 Å². The summed E-state index contributed by atoms with van der Waals surface area (Å²) in [6.45, 7) is 1.94. The Morgan fingerprint density at radius 2 is 2.05 bits per heavy atom. The normalized spacial score (nSPS) is 15.4. The topological polar surface area (TPSA) is 58.2 Å². The summed E-state index contributed by atoms with van der Waals surface area (Å²) in [4.78, 5) is 0.0104. The molecule has 20 heavy (non-hydrogen) atoms. The van der Waals surface area contributed by atoms with E-state index >= 15 is 0 Å². The average Bonchev–Trinajstić information content (AvgIpc) is 2.41. The van der Waals surface area contributed by atoms with E-state index in [1.165, 1.54) is 6.07 Å². The van der Waals surface area contributed by atoms with Crippen LogP contribution in [0.2, 0.25) is 10.0 Å². The Hall–Kier alpha value is -0.300. The first-order valence-electron chi connectivity index (χ1n) is 5.83. The molecule has 0 aliphatic carbocycles. The van der Waals surface area contributed by atoms with Crippen LogP contribution in [0.4, 0.5) is 0 Å². The molecule has 0 bridgehead atoms. The van der Waals surface area contributed by atoms with Crippen LogP contribution in [0.25, 0.3) is 0 Å². The first-order chi connectivity index (χ1) is 9.00. The predicted molar refractivity (Wildman–Crippen MR) is 84.5 cm³/mol. The Kier molecular flexibility index (Phi) is 6.78. The second-order valence-corrected chi connectivity index (χ2v) is 6.71. The van der Waals surface area contributed by atoms with Crippen molar-refractivity contribution < 1.29 is 8.42 Å². The molecule has 8 heteroatoms. The molecule has 0 saturated heterocycles. The minimum atomic E-state index is -3.64. The second kappa shape index (κ2) is 7.64. The zero-order valence-electron chi connectivity index (χ0n) is 10.5. The first-order valence-corrected chi connectivity index (χ1v) is 8.07. The molecule has 0 amide bonds. The molecule has 112 valence electrons. The highest BCUT2D eigenvalue weighted by Crippen LogP contribution is 2.28. The highest BCUT2D eigenvalue weighted by atomic mass is 35.5. The lowest BCUT2D eigenvalue weighted by atomic mass is 10.1. The molecule has 0 radical (unpaired) electrons. The Labute approximate surface area is 135 Å². The second-order valence-electron chi connectivity index (χ2n) is 4.19. The molecule has 1 heterocycles. The fourth-order valence-electron chi connectivity index (χ4n) is 1.79. The molecule has 2 N–H and O–H groups in total. The van der Waals surface area contributed by atoms with Crippen molar-refractivity contribution in [3.63, 3.8) is 0 Å². The van der Waals surface area contributed by atoms with Gasteiger partial charge in [0.25, 0.3) is 0 Å². The van der Waals surface area contributed by atoms with Crippen LogP contribution < -0.4 is 10.0 Å². The fourth-order valence-corrected chi connectivity index (χ4v) is 3.58. The SMILES string of the molecule is Cl.O=S(=O)(NCC1=CCNCC1)c1cccc(Cl)c1Cl. The maximum Gasteiger partial charge on any atom is 0.242 e. The monoisotopic (exact) mass is 356 g/mol. The molecule has 1 aliphatic heterocycles.